The summed E-state index contributed by atoms with van der Waals surface area (Å²) in [5.74, 6) is -0.448. The second-order valence-corrected chi connectivity index (χ2v) is 4.57. The van der Waals surface area contributed by atoms with Gasteiger partial charge in [0, 0.05) is 24.4 Å². The molecule has 0 fully saturated rings. The third kappa shape index (κ3) is 2.20. The van der Waals surface area contributed by atoms with Crippen molar-refractivity contribution in [1.29, 1.82) is 0 Å². The van der Waals surface area contributed by atoms with Crippen molar-refractivity contribution in [3.63, 3.8) is 0 Å². The molecule has 1 heterocycles. The number of carbonyl (C=O) groups excluding carboxylic acids is 1. The summed E-state index contributed by atoms with van der Waals surface area (Å²) in [6.45, 7) is 1.32. The summed E-state index contributed by atoms with van der Waals surface area (Å²) in [5.41, 5.74) is 1.52. The number of ether oxygens (including phenoxy) is 1. The maximum absolute atomic E-state index is 11.1. The molecule has 1 aliphatic rings. The second-order valence-electron chi connectivity index (χ2n) is 3.46. The smallest absolute Gasteiger partial charge is 0.303 e. The lowest BCUT2D eigenvalue weighted by Gasteiger charge is -2.28. The van der Waals surface area contributed by atoms with Gasteiger partial charge in [0.25, 0.3) is 0 Å². The minimum Gasteiger partial charge on any atom is -0.456 e. The Kier molecular flexibility index (Phi) is 2.68. The molecule has 4 heteroatoms. The van der Waals surface area contributed by atoms with E-state index in [-0.39, 0.29) is 4.83 Å². The van der Waals surface area contributed by atoms with E-state index in [4.69, 9.17) is 6.11 Å². The zero-order chi connectivity index (χ0) is 11.8. The monoisotopic (exact) mass is 270 g/mol. The number of carbonyl (C=O) groups is 1. The number of fused-ring (bicyclic) bond motifs is 1. The zero-order valence-electron chi connectivity index (χ0n) is 9.37. The Morgan fingerprint density at radius 2 is 2.60 bits per heavy atom. The number of rotatable bonds is 1. The number of aryl methyl sites for hydroxylation is 1. The summed E-state index contributed by atoms with van der Waals surface area (Å²) in [6, 6.07) is 3.56. The molecule has 0 aromatic carbocycles. The van der Waals surface area contributed by atoms with Crippen LogP contribution in [0.5, 0.6) is 0 Å². The minimum absolute atomic E-state index is 0.194. The molecule has 0 saturated heterocycles. The van der Waals surface area contributed by atoms with Crippen molar-refractivity contribution in [3.05, 3.63) is 29.6 Å². The number of esters is 1. The molecule has 3 nitrogen and oxygen atoms in total. The molecule has 1 aliphatic carbocycles. The molecule has 1 aromatic heterocycles. The van der Waals surface area contributed by atoms with Crippen molar-refractivity contribution in [3.8, 4) is 0 Å². The predicted molar refractivity (Wildman–Crippen MR) is 59.8 cm³/mol. The standard InChI is InChI=1S/C11H12BrNO2/c1-7(14)15-11-8-3-2-6-13-10(8)5-4-9(11)12/h2-3,6,9,11H,4-5H2,1H3/t9-,11-/m1/s1/i11D. The van der Waals surface area contributed by atoms with Gasteiger partial charge in [-0.1, -0.05) is 22.0 Å². The van der Waals surface area contributed by atoms with Crippen LogP contribution in [0.3, 0.4) is 0 Å². The van der Waals surface area contributed by atoms with Crippen LogP contribution in [0, 0.1) is 0 Å². The van der Waals surface area contributed by atoms with Gasteiger partial charge in [-0.15, -0.1) is 0 Å². The molecule has 0 spiro atoms. The molecular formula is C11H12BrNO2. The molecule has 0 unspecified atom stereocenters. The van der Waals surface area contributed by atoms with Gasteiger partial charge < -0.3 is 4.74 Å². The average molecular weight is 271 g/mol. The topological polar surface area (TPSA) is 39.2 Å². The fourth-order valence-electron chi connectivity index (χ4n) is 1.70. The Morgan fingerprint density at radius 3 is 3.33 bits per heavy atom. The summed E-state index contributed by atoms with van der Waals surface area (Å²) in [4.78, 5) is 15.1. The van der Waals surface area contributed by atoms with Crippen molar-refractivity contribution in [2.45, 2.75) is 30.7 Å². The first-order valence-corrected chi connectivity index (χ1v) is 5.73. The van der Waals surface area contributed by atoms with E-state index in [0.29, 0.717) is 5.56 Å². The molecule has 80 valence electrons. The first-order valence-electron chi connectivity index (χ1n) is 5.32. The summed E-state index contributed by atoms with van der Waals surface area (Å²) >= 11 is 3.42. The minimum atomic E-state index is -1.35. The highest BCUT2D eigenvalue weighted by Crippen LogP contribution is 2.35. The molecular weight excluding hydrogens is 258 g/mol. The molecule has 0 saturated carbocycles. The van der Waals surface area contributed by atoms with Crippen LogP contribution in [0.4, 0.5) is 0 Å². The van der Waals surface area contributed by atoms with Crippen molar-refractivity contribution in [2.24, 2.45) is 0 Å². The number of aromatic nitrogens is 1. The lowest BCUT2D eigenvalue weighted by Crippen LogP contribution is -2.25. The molecule has 0 amide bonds. The fourth-order valence-corrected chi connectivity index (χ4v) is 2.27. The lowest BCUT2D eigenvalue weighted by molar-refractivity contribution is -0.147. The number of halogens is 1. The Labute approximate surface area is 98.4 Å². The van der Waals surface area contributed by atoms with Gasteiger partial charge in [-0.2, -0.15) is 0 Å². The number of alkyl halides is 1. The van der Waals surface area contributed by atoms with E-state index in [1.165, 1.54) is 6.92 Å². The van der Waals surface area contributed by atoms with Crippen LogP contribution in [0.15, 0.2) is 18.3 Å². The van der Waals surface area contributed by atoms with Gasteiger partial charge >= 0.3 is 5.97 Å². The van der Waals surface area contributed by atoms with Crippen molar-refractivity contribution >= 4 is 21.9 Å². The first kappa shape index (κ1) is 9.33. The maximum Gasteiger partial charge on any atom is 0.303 e. The van der Waals surface area contributed by atoms with Crippen molar-refractivity contribution in [2.75, 3.05) is 0 Å². The SMILES string of the molecule is [2H][C@@]1(OC(C)=O)c2cccnc2CC[C@H]1Br. The van der Waals surface area contributed by atoms with Crippen LogP contribution in [0.1, 0.15) is 32.1 Å². The van der Waals surface area contributed by atoms with Crippen molar-refractivity contribution in [1.82, 2.24) is 4.98 Å². The van der Waals surface area contributed by atoms with Gasteiger partial charge in [0.15, 0.2) is 0 Å². The fraction of sp³-hybridized carbons (Fsp3) is 0.455. The zero-order valence-corrected chi connectivity index (χ0v) is 9.95. The lowest BCUT2D eigenvalue weighted by atomic mass is 9.93. The molecule has 0 radical (unpaired) electrons. The summed E-state index contributed by atoms with van der Waals surface area (Å²) < 4.78 is 13.5. The first-order chi connectivity index (χ1) is 7.54. The summed E-state index contributed by atoms with van der Waals surface area (Å²) in [6.07, 6.45) is 1.88. The van der Waals surface area contributed by atoms with E-state index in [2.05, 4.69) is 20.9 Å². The second kappa shape index (κ2) is 4.31. The van der Waals surface area contributed by atoms with E-state index in [1.807, 2.05) is 0 Å². The van der Waals surface area contributed by atoms with Gasteiger partial charge in [0.2, 0.25) is 0 Å². The predicted octanol–water partition coefficient (Wildman–Crippen LogP) is 2.40. The number of hydrogen-bond acceptors (Lipinski definition) is 3. The van der Waals surface area contributed by atoms with Crippen LogP contribution in [0.25, 0.3) is 0 Å². The van der Waals surface area contributed by atoms with Crippen LogP contribution in [-0.2, 0) is 16.0 Å². The van der Waals surface area contributed by atoms with Gasteiger partial charge in [-0.3, -0.25) is 9.78 Å². The largest absolute Gasteiger partial charge is 0.456 e. The Bertz CT molecular complexity index is 426. The molecule has 1 aromatic rings. The van der Waals surface area contributed by atoms with Crippen LogP contribution >= 0.6 is 15.9 Å². The van der Waals surface area contributed by atoms with Gasteiger partial charge in [0.05, 0.1) is 6.20 Å². The molecule has 2 atom stereocenters. The maximum atomic E-state index is 11.1. The highest BCUT2D eigenvalue weighted by molar-refractivity contribution is 9.09. The van der Waals surface area contributed by atoms with Crippen molar-refractivity contribution < 1.29 is 10.9 Å². The van der Waals surface area contributed by atoms with Crippen LogP contribution < -0.4 is 0 Å². The van der Waals surface area contributed by atoms with Crippen LogP contribution in [0.2, 0.25) is 0 Å². The molecule has 0 N–H and O–H groups in total. The quantitative estimate of drug-likeness (QED) is 0.581. The average Bonchev–Trinajstić information content (AvgIpc) is 2.23. The van der Waals surface area contributed by atoms with E-state index in [9.17, 15) is 4.79 Å². The highest BCUT2D eigenvalue weighted by atomic mass is 79.9. The van der Waals surface area contributed by atoms with Gasteiger partial charge in [-0.25, -0.2) is 0 Å². The number of hydrogen-bond donors (Lipinski definition) is 0. The third-order valence-corrected chi connectivity index (χ3v) is 3.20. The number of nitrogens with zero attached hydrogens (tertiary/aromatic N) is 1. The molecule has 0 bridgehead atoms. The van der Waals surface area contributed by atoms with Crippen LogP contribution in [-0.4, -0.2) is 15.8 Å². The third-order valence-electron chi connectivity index (χ3n) is 2.33. The molecule has 0 aliphatic heterocycles. The van der Waals surface area contributed by atoms with Gasteiger partial charge in [0.1, 0.15) is 6.08 Å². The Balaban J connectivity index is 2.47. The van der Waals surface area contributed by atoms with Gasteiger partial charge in [-0.05, 0) is 18.9 Å². The molecule has 2 rings (SSSR count). The highest BCUT2D eigenvalue weighted by Gasteiger charge is 2.30. The Hall–Kier alpha value is -0.900. The summed E-state index contributed by atoms with van der Waals surface area (Å²) in [5, 5.41) is 0. The number of pyridine rings is 1. The van der Waals surface area contributed by atoms with E-state index >= 15 is 0 Å². The summed E-state index contributed by atoms with van der Waals surface area (Å²) in [7, 11) is 0. The Morgan fingerprint density at radius 1 is 1.80 bits per heavy atom. The van der Waals surface area contributed by atoms with E-state index in [0.717, 1.165) is 18.5 Å². The molecule has 15 heavy (non-hydrogen) atoms. The van der Waals surface area contributed by atoms with E-state index < -0.39 is 12.0 Å². The van der Waals surface area contributed by atoms with E-state index in [1.54, 1.807) is 18.3 Å². The normalized spacial score (nSPS) is 30.3.